The van der Waals surface area contributed by atoms with Gasteiger partial charge in [-0.2, -0.15) is 0 Å². The standard InChI is InChI=1S/C8H11O2S/c1-4-5-6-10-7(9)8(2,3)11/h6H2,1-3H3. The minimum Gasteiger partial charge on any atom is -0.451 e. The Morgan fingerprint density at radius 1 is 1.64 bits per heavy atom. The number of hydrogen-bond donors (Lipinski definition) is 0. The molecular weight excluding hydrogens is 160 g/mol. The SMILES string of the molecule is CC#CCOC(=O)C(C)(C)[S]. The van der Waals surface area contributed by atoms with E-state index in [1.54, 1.807) is 20.8 Å². The monoisotopic (exact) mass is 171 g/mol. The number of carbonyl (C=O) groups excluding carboxylic acids is 1. The third-order valence-corrected chi connectivity index (χ3v) is 1.11. The minimum absolute atomic E-state index is 0.134. The summed E-state index contributed by atoms with van der Waals surface area (Å²) < 4.78 is 3.89. The topological polar surface area (TPSA) is 26.3 Å². The highest BCUT2D eigenvalue weighted by atomic mass is 32.1. The van der Waals surface area contributed by atoms with Crippen LogP contribution in [0.1, 0.15) is 20.8 Å². The van der Waals surface area contributed by atoms with Crippen LogP contribution in [-0.2, 0) is 9.53 Å². The number of rotatable bonds is 2. The molecule has 0 unspecified atom stereocenters. The van der Waals surface area contributed by atoms with Crippen molar-refractivity contribution in [3.8, 4) is 11.8 Å². The van der Waals surface area contributed by atoms with Crippen molar-refractivity contribution < 1.29 is 9.53 Å². The third kappa shape index (κ3) is 4.74. The van der Waals surface area contributed by atoms with Crippen LogP contribution < -0.4 is 0 Å². The van der Waals surface area contributed by atoms with Gasteiger partial charge in [-0.1, -0.05) is 18.5 Å². The van der Waals surface area contributed by atoms with E-state index in [1.807, 2.05) is 0 Å². The molecule has 0 heterocycles. The molecule has 3 heteroatoms. The molecule has 0 fully saturated rings. The number of ether oxygens (including phenoxy) is 1. The molecule has 0 aromatic rings. The Balaban J connectivity index is 3.77. The van der Waals surface area contributed by atoms with Gasteiger partial charge >= 0.3 is 5.97 Å². The van der Waals surface area contributed by atoms with Crippen LogP contribution in [0.2, 0.25) is 0 Å². The lowest BCUT2D eigenvalue weighted by molar-refractivity contribution is -0.144. The van der Waals surface area contributed by atoms with E-state index >= 15 is 0 Å². The van der Waals surface area contributed by atoms with Crippen LogP contribution in [0.25, 0.3) is 0 Å². The molecule has 0 aromatic heterocycles. The van der Waals surface area contributed by atoms with E-state index in [1.165, 1.54) is 0 Å². The van der Waals surface area contributed by atoms with Gasteiger partial charge < -0.3 is 4.74 Å². The highest BCUT2D eigenvalue weighted by Gasteiger charge is 2.24. The Hall–Kier alpha value is -0.620. The molecule has 0 aliphatic rings. The first-order valence-corrected chi connectivity index (χ1v) is 3.66. The Labute approximate surface area is 72.7 Å². The quantitative estimate of drug-likeness (QED) is 0.465. The second-order valence-corrected chi connectivity index (χ2v) is 3.53. The Bertz CT molecular complexity index is 192. The fourth-order valence-corrected chi connectivity index (χ4v) is 0.407. The summed E-state index contributed by atoms with van der Waals surface area (Å²) in [4.78, 5) is 10.9. The second kappa shape index (κ2) is 4.30. The molecule has 0 aliphatic carbocycles. The maximum absolute atomic E-state index is 10.9. The van der Waals surface area contributed by atoms with Crippen molar-refractivity contribution in [1.29, 1.82) is 0 Å². The zero-order valence-corrected chi connectivity index (χ0v) is 7.75. The summed E-state index contributed by atoms with van der Waals surface area (Å²) in [5.41, 5.74) is 0. The fourth-order valence-electron chi connectivity index (χ4n) is 0.348. The molecular formula is C8H11O2S. The molecule has 0 aromatic carbocycles. The Kier molecular flexibility index (Phi) is 4.06. The van der Waals surface area contributed by atoms with Crippen molar-refractivity contribution in [2.24, 2.45) is 0 Å². The molecule has 0 spiro atoms. The molecule has 0 rings (SSSR count). The van der Waals surface area contributed by atoms with Gasteiger partial charge in [-0.15, -0.1) is 5.92 Å². The molecule has 1 radical (unpaired) electrons. The highest BCUT2D eigenvalue weighted by Crippen LogP contribution is 2.13. The molecule has 0 atom stereocenters. The van der Waals surface area contributed by atoms with Gasteiger partial charge in [-0.25, -0.2) is 0 Å². The summed E-state index contributed by atoms with van der Waals surface area (Å²) in [7, 11) is 0. The summed E-state index contributed by atoms with van der Waals surface area (Å²) in [5, 5.41) is 0. The predicted molar refractivity (Wildman–Crippen MR) is 46.1 cm³/mol. The third-order valence-electron chi connectivity index (χ3n) is 0.944. The van der Waals surface area contributed by atoms with Crippen LogP contribution >= 0.6 is 12.6 Å². The van der Waals surface area contributed by atoms with Crippen molar-refractivity contribution in [3.63, 3.8) is 0 Å². The van der Waals surface area contributed by atoms with Gasteiger partial charge in [0.1, 0.15) is 4.75 Å². The second-order valence-electron chi connectivity index (χ2n) is 2.51. The van der Waals surface area contributed by atoms with Gasteiger partial charge in [0.25, 0.3) is 0 Å². The van der Waals surface area contributed by atoms with Crippen molar-refractivity contribution in [1.82, 2.24) is 0 Å². The molecule has 61 valence electrons. The normalized spacial score (nSPS) is 9.82. The average molecular weight is 171 g/mol. The van der Waals surface area contributed by atoms with Crippen LogP contribution in [0, 0.1) is 11.8 Å². The van der Waals surface area contributed by atoms with Gasteiger partial charge in [-0.3, -0.25) is 4.79 Å². The molecule has 0 bridgehead atoms. The molecule has 0 N–H and O–H groups in total. The van der Waals surface area contributed by atoms with Crippen LogP contribution in [0.15, 0.2) is 0 Å². The highest BCUT2D eigenvalue weighted by molar-refractivity contribution is 7.82. The first-order chi connectivity index (χ1) is 4.98. The van der Waals surface area contributed by atoms with Crippen molar-refractivity contribution in [3.05, 3.63) is 0 Å². The van der Waals surface area contributed by atoms with E-state index in [9.17, 15) is 4.79 Å². The van der Waals surface area contributed by atoms with Gasteiger partial charge in [-0.05, 0) is 20.8 Å². The van der Waals surface area contributed by atoms with Crippen LogP contribution in [0.3, 0.4) is 0 Å². The zero-order chi connectivity index (χ0) is 8.91. The summed E-state index contributed by atoms with van der Waals surface area (Å²) in [5.74, 6) is 4.83. The largest absolute Gasteiger partial charge is 0.451 e. The molecule has 0 saturated heterocycles. The summed E-state index contributed by atoms with van der Waals surface area (Å²) >= 11 is 4.83. The molecule has 11 heavy (non-hydrogen) atoms. The van der Waals surface area contributed by atoms with Crippen molar-refractivity contribution in [2.45, 2.75) is 25.5 Å². The van der Waals surface area contributed by atoms with Crippen LogP contribution in [0.5, 0.6) is 0 Å². The summed E-state index contributed by atoms with van der Waals surface area (Å²) in [6, 6.07) is 0. The predicted octanol–water partition coefficient (Wildman–Crippen LogP) is 1.53. The smallest absolute Gasteiger partial charge is 0.323 e. The van der Waals surface area contributed by atoms with Gasteiger partial charge in [0, 0.05) is 0 Å². The Morgan fingerprint density at radius 3 is 2.55 bits per heavy atom. The zero-order valence-electron chi connectivity index (χ0n) is 6.93. The van der Waals surface area contributed by atoms with E-state index < -0.39 is 10.7 Å². The fraction of sp³-hybridized carbons (Fsp3) is 0.625. The minimum atomic E-state index is -0.838. The average Bonchev–Trinajstić information content (AvgIpc) is 1.86. The van der Waals surface area contributed by atoms with Crippen molar-refractivity contribution >= 4 is 18.6 Å². The molecule has 2 nitrogen and oxygen atoms in total. The van der Waals surface area contributed by atoms with E-state index in [4.69, 9.17) is 17.4 Å². The first-order valence-electron chi connectivity index (χ1n) is 3.25. The molecule has 0 aliphatic heterocycles. The number of carbonyl (C=O) groups is 1. The molecule has 0 saturated carbocycles. The maximum atomic E-state index is 10.9. The Morgan fingerprint density at radius 2 is 2.18 bits per heavy atom. The van der Waals surface area contributed by atoms with Gasteiger partial charge in [0.15, 0.2) is 6.61 Å². The number of hydrogen-bond acceptors (Lipinski definition) is 2. The van der Waals surface area contributed by atoms with Crippen LogP contribution in [-0.4, -0.2) is 17.3 Å². The first kappa shape index (κ1) is 10.4. The summed E-state index contributed by atoms with van der Waals surface area (Å²) in [6.45, 7) is 5.08. The lowest BCUT2D eigenvalue weighted by atomic mass is 10.2. The maximum Gasteiger partial charge on any atom is 0.323 e. The van der Waals surface area contributed by atoms with E-state index in [-0.39, 0.29) is 6.61 Å². The van der Waals surface area contributed by atoms with E-state index in [2.05, 4.69) is 11.8 Å². The molecule has 0 amide bonds. The van der Waals surface area contributed by atoms with E-state index in [0.717, 1.165) is 0 Å². The van der Waals surface area contributed by atoms with Gasteiger partial charge in [0.2, 0.25) is 0 Å². The van der Waals surface area contributed by atoms with Gasteiger partial charge in [0.05, 0.1) is 0 Å². The van der Waals surface area contributed by atoms with E-state index in [0.29, 0.717) is 0 Å². The number of esters is 1. The lowest BCUT2D eigenvalue weighted by Gasteiger charge is -2.12. The van der Waals surface area contributed by atoms with Crippen molar-refractivity contribution in [2.75, 3.05) is 6.61 Å². The lowest BCUT2D eigenvalue weighted by Crippen LogP contribution is -2.27. The van der Waals surface area contributed by atoms with Crippen LogP contribution in [0.4, 0.5) is 0 Å². The summed E-state index contributed by atoms with van der Waals surface area (Å²) in [6.07, 6.45) is 0.